The zero-order valence-corrected chi connectivity index (χ0v) is 17.2. The van der Waals surface area contributed by atoms with Crippen LogP contribution in [0.1, 0.15) is 27.9 Å². The van der Waals surface area contributed by atoms with Crippen molar-refractivity contribution in [3.63, 3.8) is 0 Å². The highest BCUT2D eigenvalue weighted by Crippen LogP contribution is 2.28. The molecule has 1 fully saturated rings. The standard InChI is InChI=1S/C25H17F2N3O3/c26-19-7-1-17(2-8-19)15-29(24(32)18-5-9-20(27)10-6-18)22-13-23(31)30(25(22)33)21-11-3-16(14-28)4-12-21/h1-12,22H,13,15H2. The van der Waals surface area contributed by atoms with Crippen LogP contribution in [0.3, 0.4) is 0 Å². The summed E-state index contributed by atoms with van der Waals surface area (Å²) in [7, 11) is 0. The molecule has 164 valence electrons. The summed E-state index contributed by atoms with van der Waals surface area (Å²) in [5.41, 5.74) is 1.38. The van der Waals surface area contributed by atoms with Crippen molar-refractivity contribution in [3.8, 4) is 6.07 Å². The fourth-order valence-electron chi connectivity index (χ4n) is 3.68. The van der Waals surface area contributed by atoms with Crippen molar-refractivity contribution in [2.24, 2.45) is 0 Å². The Morgan fingerprint density at radius 1 is 0.939 bits per heavy atom. The van der Waals surface area contributed by atoms with E-state index in [1.54, 1.807) is 0 Å². The molecule has 8 heteroatoms. The average molecular weight is 445 g/mol. The Balaban J connectivity index is 1.68. The fourth-order valence-corrected chi connectivity index (χ4v) is 3.68. The smallest absolute Gasteiger partial charge is 0.257 e. The molecule has 1 heterocycles. The molecule has 1 saturated heterocycles. The first-order chi connectivity index (χ1) is 15.9. The van der Waals surface area contributed by atoms with E-state index >= 15 is 0 Å². The van der Waals surface area contributed by atoms with Crippen molar-refractivity contribution in [2.75, 3.05) is 4.90 Å². The minimum atomic E-state index is -1.10. The van der Waals surface area contributed by atoms with E-state index in [1.807, 2.05) is 6.07 Å². The van der Waals surface area contributed by atoms with Gasteiger partial charge in [-0.15, -0.1) is 0 Å². The molecule has 1 aliphatic rings. The van der Waals surface area contributed by atoms with Gasteiger partial charge < -0.3 is 4.90 Å². The van der Waals surface area contributed by atoms with E-state index in [1.165, 1.54) is 65.6 Å². The van der Waals surface area contributed by atoms with Gasteiger partial charge in [0.2, 0.25) is 5.91 Å². The van der Waals surface area contributed by atoms with Crippen LogP contribution in [0, 0.1) is 23.0 Å². The van der Waals surface area contributed by atoms with Crippen molar-refractivity contribution in [1.29, 1.82) is 5.26 Å². The third-order valence-electron chi connectivity index (χ3n) is 5.37. The van der Waals surface area contributed by atoms with E-state index in [0.29, 0.717) is 16.8 Å². The zero-order valence-electron chi connectivity index (χ0n) is 17.2. The molecule has 0 spiro atoms. The number of carbonyl (C=O) groups is 3. The molecule has 1 atom stereocenters. The van der Waals surface area contributed by atoms with Crippen molar-refractivity contribution in [1.82, 2.24) is 4.90 Å². The van der Waals surface area contributed by atoms with Gasteiger partial charge in [-0.25, -0.2) is 13.7 Å². The third-order valence-corrected chi connectivity index (χ3v) is 5.37. The Morgan fingerprint density at radius 2 is 1.52 bits per heavy atom. The lowest BCUT2D eigenvalue weighted by molar-refractivity contribution is -0.122. The summed E-state index contributed by atoms with van der Waals surface area (Å²) in [5, 5.41) is 8.97. The van der Waals surface area contributed by atoms with E-state index < -0.39 is 35.4 Å². The molecule has 3 aromatic rings. The Morgan fingerprint density at radius 3 is 2.09 bits per heavy atom. The number of hydrogen-bond donors (Lipinski definition) is 0. The topological polar surface area (TPSA) is 81.5 Å². The Bertz CT molecular complexity index is 1250. The Kier molecular flexibility index (Phi) is 5.96. The molecule has 0 N–H and O–H groups in total. The molecule has 3 aromatic carbocycles. The second-order valence-corrected chi connectivity index (χ2v) is 7.51. The predicted molar refractivity (Wildman–Crippen MR) is 115 cm³/mol. The number of rotatable bonds is 5. The number of anilines is 1. The fraction of sp³-hybridized carbons (Fsp3) is 0.120. The predicted octanol–water partition coefficient (Wildman–Crippen LogP) is 3.81. The number of hydrogen-bond acceptors (Lipinski definition) is 4. The molecule has 0 bridgehead atoms. The molecule has 33 heavy (non-hydrogen) atoms. The minimum absolute atomic E-state index is 0.0542. The summed E-state index contributed by atoms with van der Waals surface area (Å²) in [5.74, 6) is -2.62. The summed E-state index contributed by atoms with van der Waals surface area (Å²) >= 11 is 0. The van der Waals surface area contributed by atoms with Gasteiger partial charge in [-0.3, -0.25) is 14.4 Å². The first-order valence-corrected chi connectivity index (χ1v) is 10.1. The van der Waals surface area contributed by atoms with Crippen LogP contribution in [0.25, 0.3) is 0 Å². The molecule has 1 aliphatic heterocycles. The van der Waals surface area contributed by atoms with Crippen LogP contribution < -0.4 is 4.90 Å². The van der Waals surface area contributed by atoms with E-state index in [0.717, 1.165) is 17.0 Å². The summed E-state index contributed by atoms with van der Waals surface area (Å²) < 4.78 is 26.7. The Hall–Kier alpha value is -4.38. The van der Waals surface area contributed by atoms with Crippen LogP contribution in [0.5, 0.6) is 0 Å². The van der Waals surface area contributed by atoms with E-state index in [4.69, 9.17) is 5.26 Å². The summed E-state index contributed by atoms with van der Waals surface area (Å²) in [4.78, 5) is 41.6. The lowest BCUT2D eigenvalue weighted by atomic mass is 10.1. The highest BCUT2D eigenvalue weighted by molar-refractivity contribution is 6.23. The highest BCUT2D eigenvalue weighted by atomic mass is 19.1. The van der Waals surface area contributed by atoms with Gasteiger partial charge in [0.1, 0.15) is 17.7 Å². The molecule has 4 rings (SSSR count). The molecule has 0 aliphatic carbocycles. The van der Waals surface area contributed by atoms with Crippen molar-refractivity contribution < 1.29 is 23.2 Å². The maximum atomic E-state index is 13.4. The number of halogens is 2. The van der Waals surface area contributed by atoms with Crippen LogP contribution >= 0.6 is 0 Å². The highest BCUT2D eigenvalue weighted by Gasteiger charge is 2.44. The van der Waals surface area contributed by atoms with Gasteiger partial charge >= 0.3 is 0 Å². The number of nitriles is 1. The van der Waals surface area contributed by atoms with E-state index in [-0.39, 0.29) is 18.5 Å². The second-order valence-electron chi connectivity index (χ2n) is 7.51. The molecule has 1 unspecified atom stereocenters. The number of carbonyl (C=O) groups excluding carboxylic acids is 3. The van der Waals surface area contributed by atoms with Crippen molar-refractivity contribution >= 4 is 23.4 Å². The number of benzene rings is 3. The van der Waals surface area contributed by atoms with Gasteiger partial charge in [-0.05, 0) is 66.2 Å². The van der Waals surface area contributed by atoms with Crippen LogP contribution in [0.4, 0.5) is 14.5 Å². The summed E-state index contributed by atoms with van der Waals surface area (Å²) in [6.45, 7) is -0.0542. The maximum Gasteiger partial charge on any atom is 0.257 e. The number of imide groups is 1. The molecule has 0 saturated carbocycles. The minimum Gasteiger partial charge on any atom is -0.322 e. The number of amides is 3. The van der Waals surface area contributed by atoms with E-state index in [9.17, 15) is 23.2 Å². The summed E-state index contributed by atoms with van der Waals surface area (Å²) in [6, 6.07) is 17.1. The lowest BCUT2D eigenvalue weighted by Crippen LogP contribution is -2.45. The third kappa shape index (κ3) is 4.48. The molecular formula is C25H17F2N3O3. The van der Waals surface area contributed by atoms with Crippen molar-refractivity contribution in [2.45, 2.75) is 19.0 Å². The molecular weight excluding hydrogens is 428 g/mol. The number of nitrogens with zero attached hydrogens (tertiary/aromatic N) is 3. The maximum absolute atomic E-state index is 13.4. The second kappa shape index (κ2) is 9.01. The summed E-state index contributed by atoms with van der Waals surface area (Å²) in [6.07, 6.45) is -0.243. The zero-order chi connectivity index (χ0) is 23.5. The molecule has 0 radical (unpaired) electrons. The van der Waals surface area contributed by atoms with Gasteiger partial charge in [-0.1, -0.05) is 12.1 Å². The quantitative estimate of drug-likeness (QED) is 0.560. The normalized spacial score (nSPS) is 15.4. The Labute approximate surface area is 188 Å². The average Bonchev–Trinajstić information content (AvgIpc) is 3.12. The molecule has 3 amide bonds. The van der Waals surface area contributed by atoms with Gasteiger partial charge in [-0.2, -0.15) is 5.26 Å². The van der Waals surface area contributed by atoms with Gasteiger partial charge in [0, 0.05) is 12.1 Å². The van der Waals surface area contributed by atoms with Crippen molar-refractivity contribution in [3.05, 3.63) is 101 Å². The first kappa shape index (κ1) is 21.8. The lowest BCUT2D eigenvalue weighted by Gasteiger charge is -2.28. The van der Waals surface area contributed by atoms with Crippen LogP contribution in [-0.2, 0) is 16.1 Å². The van der Waals surface area contributed by atoms with Gasteiger partial charge in [0.05, 0.1) is 23.7 Å². The SMILES string of the molecule is N#Cc1ccc(N2C(=O)CC(N(Cc3ccc(F)cc3)C(=O)c3ccc(F)cc3)C2=O)cc1. The van der Waals surface area contributed by atoms with E-state index in [2.05, 4.69) is 0 Å². The van der Waals surface area contributed by atoms with Crippen LogP contribution in [-0.4, -0.2) is 28.7 Å². The molecule has 6 nitrogen and oxygen atoms in total. The monoisotopic (exact) mass is 445 g/mol. The first-order valence-electron chi connectivity index (χ1n) is 10.1. The van der Waals surface area contributed by atoms with Gasteiger partial charge in [0.25, 0.3) is 11.8 Å². The largest absolute Gasteiger partial charge is 0.322 e. The van der Waals surface area contributed by atoms with Crippen LogP contribution in [0.15, 0.2) is 72.8 Å². The van der Waals surface area contributed by atoms with Crippen LogP contribution in [0.2, 0.25) is 0 Å². The molecule has 0 aromatic heterocycles. The van der Waals surface area contributed by atoms with Gasteiger partial charge in [0.15, 0.2) is 0 Å².